The minimum atomic E-state index is -0.494. The number of carbonyl (C=O) groups is 2. The molecule has 0 saturated carbocycles. The first kappa shape index (κ1) is 28.8. The first-order valence-corrected chi connectivity index (χ1v) is 13.7. The van der Waals surface area contributed by atoms with Gasteiger partial charge in [-0.3, -0.25) is 9.59 Å². The van der Waals surface area contributed by atoms with E-state index in [1.54, 1.807) is 61.3 Å². The van der Waals surface area contributed by atoms with Crippen molar-refractivity contribution in [1.29, 1.82) is 0 Å². The van der Waals surface area contributed by atoms with Crippen LogP contribution < -0.4 is 18.9 Å². The van der Waals surface area contributed by atoms with E-state index in [0.29, 0.717) is 40.5 Å². The molecule has 0 fully saturated rings. The molecule has 1 N–H and O–H groups in total. The van der Waals surface area contributed by atoms with Crippen LogP contribution in [-0.2, 0) is 0 Å². The molecule has 0 bridgehead atoms. The Balaban J connectivity index is 1.43. The highest BCUT2D eigenvalue weighted by Crippen LogP contribution is 2.33. The number of hydrogen-bond donors (Lipinski definition) is 1. The van der Waals surface area contributed by atoms with Gasteiger partial charge in [0.05, 0.1) is 31.9 Å². The van der Waals surface area contributed by atoms with Crippen molar-refractivity contribution in [3.05, 3.63) is 77.0 Å². The Morgan fingerprint density at radius 3 is 2.76 bits per heavy atom. The summed E-state index contributed by atoms with van der Waals surface area (Å²) in [4.78, 5) is 34.7. The van der Waals surface area contributed by atoms with Crippen LogP contribution in [-0.4, -0.2) is 84.5 Å². The molecule has 218 valence electrons. The molecule has 10 nitrogen and oxygen atoms in total. The zero-order chi connectivity index (χ0) is 29.8. The predicted molar refractivity (Wildman–Crippen MR) is 154 cm³/mol. The van der Waals surface area contributed by atoms with E-state index in [4.69, 9.17) is 18.9 Å². The van der Waals surface area contributed by atoms with E-state index in [0.717, 1.165) is 0 Å². The molecule has 0 radical (unpaired) electrons. The van der Waals surface area contributed by atoms with E-state index >= 15 is 0 Å². The minimum Gasteiger partial charge on any atom is -0.495 e. The first-order chi connectivity index (χ1) is 20.3. The van der Waals surface area contributed by atoms with Gasteiger partial charge in [0.1, 0.15) is 17.4 Å². The van der Waals surface area contributed by atoms with Crippen LogP contribution in [0.4, 0.5) is 0 Å². The summed E-state index contributed by atoms with van der Waals surface area (Å²) in [7, 11) is 3.28. The zero-order valence-electron chi connectivity index (χ0n) is 24.0. The molecule has 3 aromatic rings. The van der Waals surface area contributed by atoms with Gasteiger partial charge < -0.3 is 33.9 Å². The van der Waals surface area contributed by atoms with Gasteiger partial charge in [-0.05, 0) is 43.3 Å². The maximum atomic E-state index is 13.7. The fourth-order valence-electron chi connectivity index (χ4n) is 4.88. The summed E-state index contributed by atoms with van der Waals surface area (Å²) < 4.78 is 22.5. The van der Waals surface area contributed by atoms with Gasteiger partial charge in [0.25, 0.3) is 11.8 Å². The number of carbonyl (C=O) groups excluding carboxylic acids is 2. The Bertz CT molecular complexity index is 1550. The van der Waals surface area contributed by atoms with Gasteiger partial charge in [0, 0.05) is 36.8 Å². The van der Waals surface area contributed by atoms with Crippen LogP contribution in [0.25, 0.3) is 0 Å². The average Bonchev–Trinajstić information content (AvgIpc) is 3.49. The van der Waals surface area contributed by atoms with Crippen molar-refractivity contribution < 1.29 is 33.6 Å². The van der Waals surface area contributed by atoms with E-state index in [2.05, 4.69) is 16.8 Å². The lowest BCUT2D eigenvalue weighted by Crippen LogP contribution is -2.50. The number of ether oxygens (including phenoxy) is 4. The molecule has 0 saturated heterocycles. The average molecular weight is 572 g/mol. The Hall–Kier alpha value is -4.75. The standard InChI is InChI=1S/C32H33N3O7/c1-20-16-35(21(2)18-36)32(38)25-13-22(9-10-23-7-5-6-8-26(23)39-4)15-33-30(25)42-29(20)17-34(3)31(37)24-11-12-27-28(14-24)41-19-40-27/h5-8,11-15,20-21,29,36H,16-19H2,1-4H3/t20-,21-,29-/m0/s1. The van der Waals surface area contributed by atoms with Crippen molar-refractivity contribution >= 4 is 11.8 Å². The fourth-order valence-corrected chi connectivity index (χ4v) is 4.88. The number of aliphatic hydroxyl groups excluding tert-OH is 1. The smallest absolute Gasteiger partial charge is 0.259 e. The number of rotatable bonds is 6. The molecule has 10 heteroatoms. The summed E-state index contributed by atoms with van der Waals surface area (Å²) in [5.74, 6) is 7.36. The molecule has 5 rings (SSSR count). The van der Waals surface area contributed by atoms with Crippen molar-refractivity contribution in [2.24, 2.45) is 5.92 Å². The third-order valence-corrected chi connectivity index (χ3v) is 7.39. The summed E-state index contributed by atoms with van der Waals surface area (Å²) in [5, 5.41) is 9.95. The molecule has 2 aliphatic heterocycles. The quantitative estimate of drug-likeness (QED) is 0.449. The lowest BCUT2D eigenvalue weighted by atomic mass is 9.99. The van der Waals surface area contributed by atoms with E-state index in [-0.39, 0.29) is 49.1 Å². The maximum absolute atomic E-state index is 13.7. The molecule has 0 spiro atoms. The number of fused-ring (bicyclic) bond motifs is 2. The Labute approximate surface area is 244 Å². The van der Waals surface area contributed by atoms with Crippen LogP contribution in [0.5, 0.6) is 23.1 Å². The summed E-state index contributed by atoms with van der Waals surface area (Å²) in [5.41, 5.74) is 1.92. The maximum Gasteiger partial charge on any atom is 0.259 e. The molecule has 0 aliphatic carbocycles. The summed E-state index contributed by atoms with van der Waals surface area (Å²) in [6.45, 7) is 4.20. The summed E-state index contributed by atoms with van der Waals surface area (Å²) in [6, 6.07) is 13.7. The van der Waals surface area contributed by atoms with Gasteiger partial charge >= 0.3 is 0 Å². The number of pyridine rings is 1. The van der Waals surface area contributed by atoms with Crippen LogP contribution in [0, 0.1) is 17.8 Å². The molecule has 3 heterocycles. The van der Waals surface area contributed by atoms with Crippen LogP contribution in [0.1, 0.15) is 45.7 Å². The Morgan fingerprint density at radius 2 is 1.98 bits per heavy atom. The van der Waals surface area contributed by atoms with Gasteiger partial charge in [0.2, 0.25) is 12.7 Å². The number of aliphatic hydroxyl groups is 1. The lowest BCUT2D eigenvalue weighted by molar-refractivity contribution is 0.0313. The number of aromatic nitrogens is 1. The largest absolute Gasteiger partial charge is 0.495 e. The number of hydrogen-bond acceptors (Lipinski definition) is 8. The topological polar surface area (TPSA) is 111 Å². The molecular weight excluding hydrogens is 538 g/mol. The van der Waals surface area contributed by atoms with Crippen molar-refractivity contribution in [2.45, 2.75) is 26.0 Å². The number of benzene rings is 2. The van der Waals surface area contributed by atoms with Crippen LogP contribution in [0.15, 0.2) is 54.7 Å². The second-order valence-corrected chi connectivity index (χ2v) is 10.4. The lowest BCUT2D eigenvalue weighted by Gasteiger charge is -2.37. The predicted octanol–water partition coefficient (Wildman–Crippen LogP) is 3.21. The normalized spacial score (nSPS) is 18.0. The number of methoxy groups -OCH3 is 1. The highest BCUT2D eigenvalue weighted by Gasteiger charge is 2.35. The molecule has 2 aromatic carbocycles. The Morgan fingerprint density at radius 1 is 1.19 bits per heavy atom. The molecule has 3 atom stereocenters. The highest BCUT2D eigenvalue weighted by atomic mass is 16.7. The second-order valence-electron chi connectivity index (χ2n) is 10.4. The fraction of sp³-hybridized carbons (Fsp3) is 0.344. The number of nitrogens with zero attached hydrogens (tertiary/aromatic N) is 3. The van der Waals surface area contributed by atoms with Gasteiger partial charge in [-0.1, -0.05) is 30.9 Å². The third-order valence-electron chi connectivity index (χ3n) is 7.39. The monoisotopic (exact) mass is 571 g/mol. The molecule has 0 unspecified atom stereocenters. The highest BCUT2D eigenvalue weighted by molar-refractivity contribution is 5.97. The van der Waals surface area contributed by atoms with Crippen molar-refractivity contribution in [1.82, 2.24) is 14.8 Å². The van der Waals surface area contributed by atoms with E-state index in [1.807, 2.05) is 31.2 Å². The van der Waals surface area contributed by atoms with Crippen LogP contribution in [0.3, 0.4) is 0 Å². The van der Waals surface area contributed by atoms with Gasteiger partial charge in [-0.2, -0.15) is 0 Å². The summed E-state index contributed by atoms with van der Waals surface area (Å²) in [6.07, 6.45) is 1.06. The van der Waals surface area contributed by atoms with Crippen molar-refractivity contribution in [3.8, 4) is 35.0 Å². The Kier molecular flexibility index (Phi) is 8.50. The van der Waals surface area contributed by atoms with Crippen molar-refractivity contribution in [2.75, 3.05) is 40.6 Å². The summed E-state index contributed by atoms with van der Waals surface area (Å²) >= 11 is 0. The van der Waals surface area contributed by atoms with Crippen LogP contribution in [0.2, 0.25) is 0 Å². The zero-order valence-corrected chi connectivity index (χ0v) is 24.0. The number of para-hydroxylation sites is 1. The van der Waals surface area contributed by atoms with Gasteiger partial charge in [-0.25, -0.2) is 4.98 Å². The SMILES string of the molecule is COc1ccccc1C#Cc1cnc2c(c1)C(=O)N([C@@H](C)CO)C[C@H](C)[C@H](CN(C)C(=O)c1ccc3c(c1)OCO3)O2. The third kappa shape index (κ3) is 5.97. The molecule has 2 amide bonds. The first-order valence-electron chi connectivity index (χ1n) is 13.7. The second kappa shape index (κ2) is 12.4. The van der Waals surface area contributed by atoms with Crippen molar-refractivity contribution in [3.63, 3.8) is 0 Å². The minimum absolute atomic E-state index is 0.123. The molecule has 2 aliphatic rings. The van der Waals surface area contributed by atoms with E-state index in [9.17, 15) is 14.7 Å². The molecule has 42 heavy (non-hydrogen) atoms. The van der Waals surface area contributed by atoms with Gasteiger partial charge in [-0.15, -0.1) is 0 Å². The molecular formula is C32H33N3O7. The number of amides is 2. The van der Waals surface area contributed by atoms with E-state index in [1.165, 1.54) is 0 Å². The van der Waals surface area contributed by atoms with Crippen LogP contribution >= 0.6 is 0 Å². The number of likely N-dealkylation sites (N-methyl/N-ethyl adjacent to an activating group) is 1. The van der Waals surface area contributed by atoms with E-state index < -0.39 is 12.1 Å². The molecule has 1 aromatic heterocycles. The van der Waals surface area contributed by atoms with Gasteiger partial charge in [0.15, 0.2) is 11.5 Å².